The van der Waals surface area contributed by atoms with Crippen LogP contribution in [0.1, 0.15) is 25.5 Å². The number of benzene rings is 2. The van der Waals surface area contributed by atoms with Crippen molar-refractivity contribution in [1.82, 2.24) is 5.32 Å². The number of carbonyl (C=O) groups excluding carboxylic acids is 1. The maximum absolute atomic E-state index is 13.1. The Kier molecular flexibility index (Phi) is 6.53. The lowest BCUT2D eigenvalue weighted by Gasteiger charge is -2.38. The first-order chi connectivity index (χ1) is 15.8. The second kappa shape index (κ2) is 9.36. The van der Waals surface area contributed by atoms with Crippen LogP contribution in [0.15, 0.2) is 41.6 Å². The number of nitrogens with one attached hydrogen (secondary N) is 1. The van der Waals surface area contributed by atoms with Gasteiger partial charge in [0.25, 0.3) is 0 Å². The molecule has 0 spiro atoms. The number of halogens is 1. The normalized spacial score (nSPS) is 17.5. The molecule has 0 saturated heterocycles. The van der Waals surface area contributed by atoms with Crippen LogP contribution in [0.4, 0.5) is 5.69 Å². The number of esters is 1. The summed E-state index contributed by atoms with van der Waals surface area (Å²) in [4.78, 5) is 14.8. The fourth-order valence-corrected chi connectivity index (χ4v) is 4.44. The summed E-state index contributed by atoms with van der Waals surface area (Å²) in [5.74, 6) is 0.750. The molecule has 2 aromatic rings. The van der Waals surface area contributed by atoms with Crippen molar-refractivity contribution in [1.29, 1.82) is 0 Å². The molecule has 33 heavy (non-hydrogen) atoms. The van der Waals surface area contributed by atoms with E-state index in [2.05, 4.69) is 5.32 Å². The summed E-state index contributed by atoms with van der Waals surface area (Å²) >= 11 is 11.9. The monoisotopic (exact) mass is 490 g/mol. The van der Waals surface area contributed by atoms with E-state index in [1.807, 2.05) is 12.1 Å². The molecule has 2 aliphatic rings. The molecule has 2 aromatic carbocycles. The SMILES string of the molecule is CCOC(=O)C1=C(C)N(c2ccc3c(c2)OCCO3)C(=S)NC1c1cc(Cl)c(O)c(OC)c1. The van der Waals surface area contributed by atoms with Crippen molar-refractivity contribution in [3.63, 3.8) is 0 Å². The van der Waals surface area contributed by atoms with Crippen LogP contribution < -0.4 is 24.4 Å². The van der Waals surface area contributed by atoms with Crippen molar-refractivity contribution in [2.45, 2.75) is 19.9 Å². The minimum atomic E-state index is -0.669. The highest BCUT2D eigenvalue weighted by atomic mass is 35.5. The van der Waals surface area contributed by atoms with E-state index in [1.54, 1.807) is 36.9 Å². The number of rotatable bonds is 5. The fourth-order valence-electron chi connectivity index (χ4n) is 3.86. The van der Waals surface area contributed by atoms with Gasteiger partial charge in [0.1, 0.15) is 13.2 Å². The van der Waals surface area contributed by atoms with Crippen LogP contribution in [-0.4, -0.2) is 43.1 Å². The average Bonchev–Trinajstić information content (AvgIpc) is 2.80. The van der Waals surface area contributed by atoms with Gasteiger partial charge in [-0.1, -0.05) is 11.6 Å². The van der Waals surface area contributed by atoms with Gasteiger partial charge in [0.2, 0.25) is 0 Å². The molecule has 174 valence electrons. The molecule has 0 saturated carbocycles. The first-order valence-electron chi connectivity index (χ1n) is 10.3. The Hall–Kier alpha value is -3.17. The van der Waals surface area contributed by atoms with Gasteiger partial charge >= 0.3 is 5.97 Å². The topological polar surface area (TPSA) is 89.5 Å². The Bertz CT molecular complexity index is 1150. The number of aromatic hydroxyl groups is 1. The average molecular weight is 491 g/mol. The number of nitrogens with zero attached hydrogens (tertiary/aromatic N) is 1. The van der Waals surface area contributed by atoms with Crippen molar-refractivity contribution in [3.05, 3.63) is 52.2 Å². The quantitative estimate of drug-likeness (QED) is 0.475. The van der Waals surface area contributed by atoms with Crippen LogP contribution in [0.5, 0.6) is 23.0 Å². The maximum atomic E-state index is 13.1. The number of carbonyl (C=O) groups is 1. The highest BCUT2D eigenvalue weighted by molar-refractivity contribution is 7.80. The highest BCUT2D eigenvalue weighted by Crippen LogP contribution is 2.42. The molecule has 0 radical (unpaired) electrons. The van der Waals surface area contributed by atoms with Crippen LogP contribution in [0.25, 0.3) is 0 Å². The molecule has 2 aliphatic heterocycles. The third-order valence-corrected chi connectivity index (χ3v) is 5.96. The van der Waals surface area contributed by atoms with Gasteiger partial charge in [-0.05, 0) is 55.9 Å². The second-order valence-electron chi connectivity index (χ2n) is 7.32. The highest BCUT2D eigenvalue weighted by Gasteiger charge is 2.36. The molecule has 2 heterocycles. The van der Waals surface area contributed by atoms with Gasteiger partial charge < -0.3 is 29.4 Å². The van der Waals surface area contributed by atoms with Crippen molar-refractivity contribution in [3.8, 4) is 23.0 Å². The summed E-state index contributed by atoms with van der Waals surface area (Å²) in [6.45, 7) is 4.68. The van der Waals surface area contributed by atoms with E-state index in [-0.39, 0.29) is 23.1 Å². The lowest BCUT2D eigenvalue weighted by Crippen LogP contribution is -2.48. The Morgan fingerprint density at radius 2 is 2.00 bits per heavy atom. The number of methoxy groups -OCH3 is 1. The van der Waals surface area contributed by atoms with Crippen LogP contribution in [0.2, 0.25) is 5.02 Å². The third-order valence-electron chi connectivity index (χ3n) is 5.37. The van der Waals surface area contributed by atoms with Crippen molar-refractivity contribution < 1.29 is 28.8 Å². The van der Waals surface area contributed by atoms with Gasteiger partial charge in [0.05, 0.1) is 36.0 Å². The molecule has 0 fully saturated rings. The summed E-state index contributed by atoms with van der Waals surface area (Å²) < 4.78 is 21.9. The lowest BCUT2D eigenvalue weighted by molar-refractivity contribution is -0.139. The number of phenolic OH excluding ortho intramolecular Hbond substituents is 1. The minimum absolute atomic E-state index is 0.0900. The molecule has 10 heteroatoms. The largest absolute Gasteiger partial charge is 0.503 e. The van der Waals surface area contributed by atoms with Crippen molar-refractivity contribution >= 4 is 40.6 Å². The molecule has 0 bridgehead atoms. The molecule has 0 aliphatic carbocycles. The van der Waals surface area contributed by atoms with E-state index in [0.717, 1.165) is 0 Å². The summed E-state index contributed by atoms with van der Waals surface area (Å²) in [5, 5.41) is 13.8. The van der Waals surface area contributed by atoms with Crippen molar-refractivity contribution in [2.75, 3.05) is 31.8 Å². The Morgan fingerprint density at radius 3 is 2.70 bits per heavy atom. The predicted molar refractivity (Wildman–Crippen MR) is 127 cm³/mol. The van der Waals surface area contributed by atoms with E-state index in [4.69, 9.17) is 42.8 Å². The van der Waals surface area contributed by atoms with Gasteiger partial charge in [-0.3, -0.25) is 4.90 Å². The smallest absolute Gasteiger partial charge is 0.338 e. The van der Waals surface area contributed by atoms with E-state index >= 15 is 0 Å². The summed E-state index contributed by atoms with van der Waals surface area (Å²) in [6, 6.07) is 7.96. The fraction of sp³-hybridized carbons (Fsp3) is 0.304. The molecule has 4 rings (SSSR count). The zero-order valence-corrected chi connectivity index (χ0v) is 19.9. The second-order valence-corrected chi connectivity index (χ2v) is 8.11. The molecule has 2 N–H and O–H groups in total. The maximum Gasteiger partial charge on any atom is 0.338 e. The Labute approximate surface area is 201 Å². The van der Waals surface area contributed by atoms with E-state index in [1.165, 1.54) is 7.11 Å². The van der Waals surface area contributed by atoms with Crippen LogP contribution in [0.3, 0.4) is 0 Å². The molecule has 8 nitrogen and oxygen atoms in total. The number of fused-ring (bicyclic) bond motifs is 1. The molecular weight excluding hydrogens is 468 g/mol. The number of ether oxygens (including phenoxy) is 4. The van der Waals surface area contributed by atoms with Crippen LogP contribution in [-0.2, 0) is 9.53 Å². The molecule has 0 aromatic heterocycles. The third kappa shape index (κ3) is 4.26. The zero-order chi connectivity index (χ0) is 23.7. The standard InChI is InChI=1S/C23H23ClN2O6S/c1-4-30-22(28)19-12(2)26(14-5-6-16-17(11-14)32-8-7-31-16)23(33)25-20(19)13-9-15(24)21(27)18(10-13)29-3/h5-6,9-11,20,27H,4,7-8H2,1-3H3,(H,25,33). The van der Waals surface area contributed by atoms with Crippen LogP contribution >= 0.6 is 23.8 Å². The van der Waals surface area contributed by atoms with Crippen LogP contribution in [0, 0.1) is 0 Å². The van der Waals surface area contributed by atoms with E-state index in [9.17, 15) is 9.90 Å². The minimum Gasteiger partial charge on any atom is -0.503 e. The first-order valence-corrected chi connectivity index (χ1v) is 11.1. The molecule has 1 unspecified atom stereocenters. The number of hydrogen-bond donors (Lipinski definition) is 2. The predicted octanol–water partition coefficient (Wildman–Crippen LogP) is 4.10. The Morgan fingerprint density at radius 1 is 1.27 bits per heavy atom. The van der Waals surface area contributed by atoms with E-state index < -0.39 is 12.0 Å². The van der Waals surface area contributed by atoms with Crippen molar-refractivity contribution in [2.24, 2.45) is 0 Å². The lowest BCUT2D eigenvalue weighted by atomic mass is 9.94. The van der Waals surface area contributed by atoms with E-state index in [0.29, 0.717) is 52.3 Å². The number of phenols is 1. The summed E-state index contributed by atoms with van der Waals surface area (Å²) in [6.07, 6.45) is 0. The van der Waals surface area contributed by atoms with Gasteiger partial charge in [0, 0.05) is 11.8 Å². The number of anilines is 1. The van der Waals surface area contributed by atoms with Gasteiger partial charge in [-0.2, -0.15) is 0 Å². The number of thiocarbonyl (C=S) groups is 1. The number of allylic oxidation sites excluding steroid dienone is 1. The van der Waals surface area contributed by atoms with Gasteiger partial charge in [0.15, 0.2) is 28.1 Å². The summed E-state index contributed by atoms with van der Waals surface area (Å²) in [7, 11) is 1.42. The molecular formula is C23H23ClN2O6S. The zero-order valence-electron chi connectivity index (χ0n) is 18.3. The molecule has 0 amide bonds. The Balaban J connectivity index is 1.83. The summed E-state index contributed by atoms with van der Waals surface area (Å²) in [5.41, 5.74) is 2.23. The first kappa shape index (κ1) is 23.0. The van der Waals surface area contributed by atoms with Gasteiger partial charge in [-0.25, -0.2) is 4.79 Å². The van der Waals surface area contributed by atoms with Gasteiger partial charge in [-0.15, -0.1) is 0 Å². The number of hydrogen-bond acceptors (Lipinski definition) is 7. The molecule has 1 atom stereocenters.